The van der Waals surface area contributed by atoms with Gasteiger partial charge >= 0.3 is 5.97 Å². The standard InChI is InChI=1S/C10H10F3NO2/c1-5(10(15)16)14-4-6-2-8(12)9(13)3-7(6)11/h2-3,5,14H,4H2,1H3,(H,15,16). The fourth-order valence-corrected chi connectivity index (χ4v) is 1.05. The maximum atomic E-state index is 13.1. The summed E-state index contributed by atoms with van der Waals surface area (Å²) in [7, 11) is 0. The summed E-state index contributed by atoms with van der Waals surface area (Å²) in [6, 6.07) is 0.233. The molecule has 0 amide bonds. The van der Waals surface area contributed by atoms with Crippen LogP contribution in [0.4, 0.5) is 13.2 Å². The van der Waals surface area contributed by atoms with Crippen LogP contribution in [-0.2, 0) is 11.3 Å². The Labute approximate surface area is 89.9 Å². The molecule has 0 aromatic heterocycles. The van der Waals surface area contributed by atoms with E-state index < -0.39 is 29.5 Å². The molecule has 6 heteroatoms. The van der Waals surface area contributed by atoms with Gasteiger partial charge in [-0.25, -0.2) is 13.2 Å². The molecule has 0 saturated carbocycles. The predicted octanol–water partition coefficient (Wildman–Crippen LogP) is 1.67. The van der Waals surface area contributed by atoms with Gasteiger partial charge in [0.15, 0.2) is 11.6 Å². The number of hydrogen-bond acceptors (Lipinski definition) is 2. The van der Waals surface area contributed by atoms with Gasteiger partial charge in [0.25, 0.3) is 0 Å². The second kappa shape index (κ2) is 4.98. The molecular weight excluding hydrogens is 223 g/mol. The van der Waals surface area contributed by atoms with E-state index in [1.54, 1.807) is 0 Å². The van der Waals surface area contributed by atoms with Crippen LogP contribution in [0, 0.1) is 17.5 Å². The highest BCUT2D eigenvalue weighted by atomic mass is 19.2. The maximum Gasteiger partial charge on any atom is 0.320 e. The Morgan fingerprint density at radius 1 is 1.31 bits per heavy atom. The van der Waals surface area contributed by atoms with E-state index in [1.165, 1.54) is 6.92 Å². The van der Waals surface area contributed by atoms with Crippen LogP contribution in [0.2, 0.25) is 0 Å². The number of nitrogens with one attached hydrogen (secondary N) is 1. The summed E-state index contributed by atoms with van der Waals surface area (Å²) in [5.41, 5.74) is -0.119. The molecule has 1 atom stereocenters. The molecule has 0 fully saturated rings. The molecule has 88 valence electrons. The van der Waals surface area contributed by atoms with Crippen LogP contribution in [0.5, 0.6) is 0 Å². The van der Waals surface area contributed by atoms with Gasteiger partial charge in [-0.1, -0.05) is 0 Å². The number of carboxylic acid groups (broad SMARTS) is 1. The fourth-order valence-electron chi connectivity index (χ4n) is 1.05. The molecule has 3 nitrogen and oxygen atoms in total. The van der Waals surface area contributed by atoms with Gasteiger partial charge in [0.1, 0.15) is 11.9 Å². The summed E-state index contributed by atoms with van der Waals surface area (Å²) >= 11 is 0. The van der Waals surface area contributed by atoms with Crippen LogP contribution in [0.25, 0.3) is 0 Å². The van der Waals surface area contributed by atoms with Gasteiger partial charge < -0.3 is 10.4 Å². The molecule has 0 aliphatic heterocycles. The van der Waals surface area contributed by atoms with Crippen LogP contribution >= 0.6 is 0 Å². The van der Waals surface area contributed by atoms with E-state index in [9.17, 15) is 18.0 Å². The molecule has 1 rings (SSSR count). The van der Waals surface area contributed by atoms with Crippen molar-refractivity contribution in [3.05, 3.63) is 35.1 Å². The first-order valence-corrected chi connectivity index (χ1v) is 4.51. The van der Waals surface area contributed by atoms with Gasteiger partial charge in [0.05, 0.1) is 0 Å². The quantitative estimate of drug-likeness (QED) is 0.778. The van der Waals surface area contributed by atoms with E-state index >= 15 is 0 Å². The SMILES string of the molecule is CC(NCc1cc(F)c(F)cc1F)C(=O)O. The summed E-state index contributed by atoms with van der Waals surface area (Å²) in [5, 5.41) is 11.0. The van der Waals surface area contributed by atoms with Crippen molar-refractivity contribution in [3.63, 3.8) is 0 Å². The lowest BCUT2D eigenvalue weighted by Crippen LogP contribution is -2.33. The number of hydrogen-bond donors (Lipinski definition) is 2. The number of aliphatic carboxylic acids is 1. The van der Waals surface area contributed by atoms with E-state index in [4.69, 9.17) is 5.11 Å². The predicted molar refractivity (Wildman–Crippen MR) is 50.3 cm³/mol. The lowest BCUT2D eigenvalue weighted by Gasteiger charge is -2.09. The van der Waals surface area contributed by atoms with Crippen LogP contribution in [-0.4, -0.2) is 17.1 Å². The van der Waals surface area contributed by atoms with Gasteiger partial charge in [0.2, 0.25) is 0 Å². The lowest BCUT2D eigenvalue weighted by atomic mass is 10.2. The van der Waals surface area contributed by atoms with E-state index in [0.29, 0.717) is 12.1 Å². The zero-order chi connectivity index (χ0) is 12.3. The molecule has 2 N–H and O–H groups in total. The maximum absolute atomic E-state index is 13.1. The van der Waals surface area contributed by atoms with Gasteiger partial charge in [0, 0.05) is 18.2 Å². The molecule has 1 aromatic rings. The summed E-state index contributed by atoms with van der Waals surface area (Å²) in [4.78, 5) is 10.4. The molecule has 0 bridgehead atoms. The molecule has 0 spiro atoms. The zero-order valence-electron chi connectivity index (χ0n) is 8.43. The van der Waals surface area contributed by atoms with E-state index in [-0.39, 0.29) is 12.1 Å². The molecular formula is C10H10F3NO2. The molecule has 0 saturated heterocycles. The summed E-state index contributed by atoms with van der Waals surface area (Å²) in [6.07, 6.45) is 0. The minimum atomic E-state index is -1.27. The monoisotopic (exact) mass is 233 g/mol. The van der Waals surface area contributed by atoms with E-state index in [1.807, 2.05) is 0 Å². The minimum absolute atomic E-state index is 0.119. The average Bonchev–Trinajstić information content (AvgIpc) is 2.20. The van der Waals surface area contributed by atoms with Crippen LogP contribution < -0.4 is 5.32 Å². The Kier molecular flexibility index (Phi) is 3.89. The van der Waals surface area contributed by atoms with Crippen molar-refractivity contribution in [1.29, 1.82) is 0 Å². The highest BCUT2D eigenvalue weighted by Crippen LogP contribution is 2.13. The van der Waals surface area contributed by atoms with Crippen molar-refractivity contribution in [3.8, 4) is 0 Å². The van der Waals surface area contributed by atoms with Gasteiger partial charge in [-0.15, -0.1) is 0 Å². The minimum Gasteiger partial charge on any atom is -0.480 e. The number of halogens is 3. The van der Waals surface area contributed by atoms with E-state index in [2.05, 4.69) is 5.32 Å². The van der Waals surface area contributed by atoms with Gasteiger partial charge in [-0.3, -0.25) is 4.79 Å². The topological polar surface area (TPSA) is 49.3 Å². The first kappa shape index (κ1) is 12.5. The Bertz CT molecular complexity index is 409. The molecule has 0 heterocycles. The van der Waals surface area contributed by atoms with Crippen LogP contribution in [0.15, 0.2) is 12.1 Å². The number of benzene rings is 1. The van der Waals surface area contributed by atoms with Crippen molar-refractivity contribution in [2.24, 2.45) is 0 Å². The van der Waals surface area contributed by atoms with Gasteiger partial charge in [-0.2, -0.15) is 0 Å². The van der Waals surface area contributed by atoms with Crippen molar-refractivity contribution in [2.45, 2.75) is 19.5 Å². The number of rotatable bonds is 4. The molecule has 1 aromatic carbocycles. The van der Waals surface area contributed by atoms with Crippen molar-refractivity contribution in [1.82, 2.24) is 5.32 Å². The van der Waals surface area contributed by atoms with Crippen molar-refractivity contribution < 1.29 is 23.1 Å². The second-order valence-electron chi connectivity index (χ2n) is 3.30. The van der Waals surface area contributed by atoms with Crippen molar-refractivity contribution in [2.75, 3.05) is 0 Å². The third-order valence-electron chi connectivity index (χ3n) is 2.06. The molecule has 0 radical (unpaired) electrons. The summed E-state index contributed by atoms with van der Waals surface area (Å²) < 4.78 is 38.4. The van der Waals surface area contributed by atoms with Crippen LogP contribution in [0.1, 0.15) is 12.5 Å². The highest BCUT2D eigenvalue weighted by Gasteiger charge is 2.13. The Morgan fingerprint density at radius 3 is 2.44 bits per heavy atom. The lowest BCUT2D eigenvalue weighted by molar-refractivity contribution is -0.139. The Balaban J connectivity index is 2.74. The number of carbonyl (C=O) groups is 1. The first-order chi connectivity index (χ1) is 7.41. The third-order valence-corrected chi connectivity index (χ3v) is 2.06. The smallest absolute Gasteiger partial charge is 0.320 e. The third kappa shape index (κ3) is 2.96. The molecule has 1 unspecified atom stereocenters. The van der Waals surface area contributed by atoms with Crippen molar-refractivity contribution >= 4 is 5.97 Å². The highest BCUT2D eigenvalue weighted by molar-refractivity contribution is 5.72. The largest absolute Gasteiger partial charge is 0.480 e. The van der Waals surface area contributed by atoms with Gasteiger partial charge in [-0.05, 0) is 13.0 Å². The fraction of sp³-hybridized carbons (Fsp3) is 0.300. The van der Waals surface area contributed by atoms with Crippen LogP contribution in [0.3, 0.4) is 0 Å². The Hall–Kier alpha value is -1.56. The zero-order valence-corrected chi connectivity index (χ0v) is 8.43. The summed E-state index contributed by atoms with van der Waals surface area (Å²) in [5.74, 6) is -4.46. The molecule has 16 heavy (non-hydrogen) atoms. The van der Waals surface area contributed by atoms with E-state index in [0.717, 1.165) is 0 Å². The molecule has 0 aliphatic rings. The summed E-state index contributed by atoms with van der Waals surface area (Å²) in [6.45, 7) is 1.18. The average molecular weight is 233 g/mol. The number of carboxylic acids is 1. The second-order valence-corrected chi connectivity index (χ2v) is 3.30. The first-order valence-electron chi connectivity index (χ1n) is 4.51. The molecule has 0 aliphatic carbocycles. The normalized spacial score (nSPS) is 12.5. The Morgan fingerprint density at radius 2 is 1.88 bits per heavy atom.